The van der Waals surface area contributed by atoms with Crippen LogP contribution in [0.15, 0.2) is 29.2 Å². The fraction of sp³-hybridized carbons (Fsp3) is 0.400. The van der Waals surface area contributed by atoms with Crippen molar-refractivity contribution >= 4 is 11.8 Å². The standard InChI is InChI=1S/C10H15NS/c1-8(11-2)9-6-4-5-7-10(9)12-3/h4-8,11H,1-3H3/t8-/m1/s1. The number of benzene rings is 1. The van der Waals surface area contributed by atoms with Crippen LogP contribution in [0.1, 0.15) is 18.5 Å². The van der Waals surface area contributed by atoms with E-state index >= 15 is 0 Å². The lowest BCUT2D eigenvalue weighted by atomic mass is 10.1. The zero-order chi connectivity index (χ0) is 8.97. The first-order valence-corrected chi connectivity index (χ1v) is 5.32. The Hall–Kier alpha value is -0.470. The largest absolute Gasteiger partial charge is 0.313 e. The topological polar surface area (TPSA) is 12.0 Å². The highest BCUT2D eigenvalue weighted by atomic mass is 32.2. The SMILES string of the molecule is CN[C@H](C)c1ccccc1SC. The molecule has 0 saturated carbocycles. The van der Waals surface area contributed by atoms with Gasteiger partial charge in [0.15, 0.2) is 0 Å². The van der Waals surface area contributed by atoms with Crippen LogP contribution in [0.5, 0.6) is 0 Å². The Bertz CT molecular complexity index is 247. The van der Waals surface area contributed by atoms with Crippen LogP contribution in [0, 0.1) is 0 Å². The Labute approximate surface area is 78.6 Å². The van der Waals surface area contributed by atoms with Crippen LogP contribution in [-0.4, -0.2) is 13.3 Å². The van der Waals surface area contributed by atoms with Crippen molar-refractivity contribution in [3.8, 4) is 0 Å². The molecule has 1 rings (SSSR count). The molecule has 0 amide bonds. The highest BCUT2D eigenvalue weighted by Crippen LogP contribution is 2.24. The molecule has 1 nitrogen and oxygen atoms in total. The smallest absolute Gasteiger partial charge is 0.0300 e. The summed E-state index contributed by atoms with van der Waals surface area (Å²) in [7, 11) is 1.99. The van der Waals surface area contributed by atoms with Crippen molar-refractivity contribution in [2.45, 2.75) is 17.9 Å². The molecule has 1 aromatic rings. The van der Waals surface area contributed by atoms with Gasteiger partial charge in [-0.05, 0) is 31.9 Å². The van der Waals surface area contributed by atoms with Gasteiger partial charge in [-0.2, -0.15) is 0 Å². The van der Waals surface area contributed by atoms with Gasteiger partial charge in [0.2, 0.25) is 0 Å². The van der Waals surface area contributed by atoms with Gasteiger partial charge in [-0.15, -0.1) is 11.8 Å². The first-order chi connectivity index (χ1) is 5.79. The number of thioether (sulfide) groups is 1. The normalized spacial score (nSPS) is 12.9. The maximum absolute atomic E-state index is 3.24. The molecule has 0 aliphatic carbocycles. The molecule has 66 valence electrons. The highest BCUT2D eigenvalue weighted by molar-refractivity contribution is 7.98. The molecular formula is C10H15NS. The quantitative estimate of drug-likeness (QED) is 0.720. The van der Waals surface area contributed by atoms with Crippen molar-refractivity contribution in [1.29, 1.82) is 0 Å². The monoisotopic (exact) mass is 181 g/mol. The zero-order valence-electron chi connectivity index (χ0n) is 7.79. The van der Waals surface area contributed by atoms with Gasteiger partial charge in [0.1, 0.15) is 0 Å². The van der Waals surface area contributed by atoms with Crippen LogP contribution in [0.3, 0.4) is 0 Å². The summed E-state index contributed by atoms with van der Waals surface area (Å²) >= 11 is 1.80. The summed E-state index contributed by atoms with van der Waals surface area (Å²) in [6, 6.07) is 8.94. The lowest BCUT2D eigenvalue weighted by Crippen LogP contribution is -2.12. The molecule has 0 radical (unpaired) electrons. The van der Waals surface area contributed by atoms with E-state index in [0.717, 1.165) is 0 Å². The second kappa shape index (κ2) is 4.53. The molecule has 2 heteroatoms. The third kappa shape index (κ3) is 2.02. The summed E-state index contributed by atoms with van der Waals surface area (Å²) in [5.74, 6) is 0. The Morgan fingerprint density at radius 3 is 2.58 bits per heavy atom. The first kappa shape index (κ1) is 9.62. The van der Waals surface area contributed by atoms with Crippen molar-refractivity contribution in [1.82, 2.24) is 5.32 Å². The van der Waals surface area contributed by atoms with E-state index in [-0.39, 0.29) is 0 Å². The Morgan fingerprint density at radius 1 is 1.33 bits per heavy atom. The molecule has 1 atom stereocenters. The summed E-state index contributed by atoms with van der Waals surface area (Å²) < 4.78 is 0. The predicted molar refractivity (Wildman–Crippen MR) is 55.7 cm³/mol. The molecule has 0 fully saturated rings. The molecule has 1 N–H and O–H groups in total. The van der Waals surface area contributed by atoms with Crippen LogP contribution >= 0.6 is 11.8 Å². The molecule has 0 aromatic heterocycles. The third-order valence-electron chi connectivity index (χ3n) is 2.04. The fourth-order valence-corrected chi connectivity index (χ4v) is 1.87. The predicted octanol–water partition coefficient (Wildman–Crippen LogP) is 2.69. The van der Waals surface area contributed by atoms with Crippen molar-refractivity contribution in [2.75, 3.05) is 13.3 Å². The molecule has 1 aromatic carbocycles. The second-order valence-electron chi connectivity index (χ2n) is 2.75. The molecule has 12 heavy (non-hydrogen) atoms. The van der Waals surface area contributed by atoms with E-state index in [9.17, 15) is 0 Å². The first-order valence-electron chi connectivity index (χ1n) is 4.09. The average Bonchev–Trinajstić information content (AvgIpc) is 2.16. The van der Waals surface area contributed by atoms with Crippen molar-refractivity contribution in [3.05, 3.63) is 29.8 Å². The van der Waals surface area contributed by atoms with Crippen LogP contribution in [0.4, 0.5) is 0 Å². The van der Waals surface area contributed by atoms with Gasteiger partial charge in [0.05, 0.1) is 0 Å². The van der Waals surface area contributed by atoms with E-state index in [2.05, 4.69) is 42.8 Å². The highest BCUT2D eigenvalue weighted by Gasteiger charge is 2.05. The summed E-state index contributed by atoms with van der Waals surface area (Å²) in [5.41, 5.74) is 1.38. The summed E-state index contributed by atoms with van der Waals surface area (Å²) in [6.07, 6.45) is 2.11. The van der Waals surface area contributed by atoms with Gasteiger partial charge in [-0.25, -0.2) is 0 Å². The van der Waals surface area contributed by atoms with Gasteiger partial charge in [0, 0.05) is 10.9 Å². The Morgan fingerprint density at radius 2 is 2.00 bits per heavy atom. The summed E-state index contributed by atoms with van der Waals surface area (Å²) in [6.45, 7) is 2.18. The molecule has 0 heterocycles. The van der Waals surface area contributed by atoms with Gasteiger partial charge in [-0.1, -0.05) is 18.2 Å². The molecule has 0 aliphatic rings. The molecule has 0 unspecified atom stereocenters. The van der Waals surface area contributed by atoms with Crippen molar-refractivity contribution in [2.24, 2.45) is 0 Å². The Kier molecular flexibility index (Phi) is 3.63. The van der Waals surface area contributed by atoms with Gasteiger partial charge >= 0.3 is 0 Å². The van der Waals surface area contributed by atoms with Crippen LogP contribution in [0.2, 0.25) is 0 Å². The molecular weight excluding hydrogens is 166 g/mol. The molecule has 0 saturated heterocycles. The van der Waals surface area contributed by atoms with Gasteiger partial charge < -0.3 is 5.32 Å². The molecule has 0 aliphatic heterocycles. The minimum absolute atomic E-state index is 0.439. The molecule has 0 spiro atoms. The van der Waals surface area contributed by atoms with Crippen molar-refractivity contribution in [3.63, 3.8) is 0 Å². The van der Waals surface area contributed by atoms with Gasteiger partial charge in [0.25, 0.3) is 0 Å². The van der Waals surface area contributed by atoms with E-state index in [1.807, 2.05) is 7.05 Å². The zero-order valence-corrected chi connectivity index (χ0v) is 8.61. The lowest BCUT2D eigenvalue weighted by molar-refractivity contribution is 0.641. The number of hydrogen-bond donors (Lipinski definition) is 1. The van der Waals surface area contributed by atoms with E-state index in [1.54, 1.807) is 11.8 Å². The van der Waals surface area contributed by atoms with E-state index in [4.69, 9.17) is 0 Å². The number of rotatable bonds is 3. The van der Waals surface area contributed by atoms with Crippen LogP contribution in [0.25, 0.3) is 0 Å². The summed E-state index contributed by atoms with van der Waals surface area (Å²) in [4.78, 5) is 1.36. The van der Waals surface area contributed by atoms with Crippen LogP contribution in [-0.2, 0) is 0 Å². The second-order valence-corrected chi connectivity index (χ2v) is 3.60. The van der Waals surface area contributed by atoms with E-state index in [1.165, 1.54) is 10.5 Å². The lowest BCUT2D eigenvalue weighted by Gasteiger charge is -2.13. The van der Waals surface area contributed by atoms with Crippen LogP contribution < -0.4 is 5.32 Å². The average molecular weight is 181 g/mol. The number of nitrogens with one attached hydrogen (secondary N) is 1. The Balaban J connectivity index is 2.96. The number of hydrogen-bond acceptors (Lipinski definition) is 2. The maximum atomic E-state index is 3.24. The maximum Gasteiger partial charge on any atom is 0.0300 e. The fourth-order valence-electron chi connectivity index (χ4n) is 1.18. The minimum atomic E-state index is 0.439. The molecule has 0 bridgehead atoms. The van der Waals surface area contributed by atoms with E-state index in [0.29, 0.717) is 6.04 Å². The van der Waals surface area contributed by atoms with E-state index < -0.39 is 0 Å². The summed E-state index contributed by atoms with van der Waals surface area (Å²) in [5, 5.41) is 3.24. The third-order valence-corrected chi connectivity index (χ3v) is 2.85. The van der Waals surface area contributed by atoms with Crippen molar-refractivity contribution < 1.29 is 0 Å². The minimum Gasteiger partial charge on any atom is -0.313 e. The van der Waals surface area contributed by atoms with Gasteiger partial charge in [-0.3, -0.25) is 0 Å².